The van der Waals surface area contributed by atoms with E-state index in [1.165, 1.54) is 6.33 Å². The van der Waals surface area contributed by atoms with Crippen molar-refractivity contribution in [3.05, 3.63) is 12.0 Å². The first-order chi connectivity index (χ1) is 10.1. The SMILES string of the molecule is CC(C)(S)C(C)(C)O[B]c1c(OC(F)P)ncnc1C1CC1. The fraction of sp³-hybridized carbons (Fsp3) is 0.714. The number of nitrogens with zero attached hydrogens (tertiary/aromatic N) is 2. The molecular formula is C14H22BFN2O2PS. The molecule has 22 heavy (non-hydrogen) atoms. The van der Waals surface area contributed by atoms with E-state index in [1.54, 1.807) is 7.48 Å². The van der Waals surface area contributed by atoms with Gasteiger partial charge in [-0.2, -0.15) is 17.0 Å². The molecule has 0 aromatic carbocycles. The topological polar surface area (TPSA) is 44.2 Å². The summed E-state index contributed by atoms with van der Waals surface area (Å²) in [5, 5.41) is 0. The van der Waals surface area contributed by atoms with E-state index in [0.29, 0.717) is 11.4 Å². The zero-order valence-electron chi connectivity index (χ0n) is 13.3. The summed E-state index contributed by atoms with van der Waals surface area (Å²) in [7, 11) is 3.53. The summed E-state index contributed by atoms with van der Waals surface area (Å²) in [4.78, 5) is 8.36. The summed E-state index contributed by atoms with van der Waals surface area (Å²) in [6.45, 7) is 7.85. The molecule has 0 amide bonds. The highest BCUT2D eigenvalue weighted by molar-refractivity contribution is 7.81. The van der Waals surface area contributed by atoms with Gasteiger partial charge >= 0.3 is 7.48 Å². The highest BCUT2D eigenvalue weighted by Gasteiger charge is 2.37. The van der Waals surface area contributed by atoms with Gasteiger partial charge < -0.3 is 9.39 Å². The Balaban J connectivity index is 2.24. The molecule has 1 aliphatic rings. The van der Waals surface area contributed by atoms with E-state index >= 15 is 0 Å². The smallest absolute Gasteiger partial charge is 0.338 e. The van der Waals surface area contributed by atoms with E-state index < -0.39 is 11.7 Å². The van der Waals surface area contributed by atoms with E-state index in [2.05, 4.69) is 22.6 Å². The molecule has 0 aliphatic heterocycles. The third-order valence-electron chi connectivity index (χ3n) is 4.01. The van der Waals surface area contributed by atoms with Crippen molar-refractivity contribution in [3.8, 4) is 5.88 Å². The van der Waals surface area contributed by atoms with Crippen molar-refractivity contribution in [2.75, 3.05) is 0 Å². The van der Waals surface area contributed by atoms with Gasteiger partial charge in [0.25, 0.3) is 6.10 Å². The number of hydrogen-bond acceptors (Lipinski definition) is 5. The summed E-state index contributed by atoms with van der Waals surface area (Å²) in [5.74, 6) is 0.571. The van der Waals surface area contributed by atoms with Crippen LogP contribution in [0, 0.1) is 0 Å². The second-order valence-electron chi connectivity index (χ2n) is 6.53. The van der Waals surface area contributed by atoms with Gasteiger partial charge in [-0.3, -0.25) is 0 Å². The van der Waals surface area contributed by atoms with Crippen LogP contribution in [0.1, 0.15) is 52.1 Å². The fourth-order valence-electron chi connectivity index (χ4n) is 1.74. The first kappa shape index (κ1) is 18.0. The van der Waals surface area contributed by atoms with Crippen molar-refractivity contribution >= 4 is 34.8 Å². The van der Waals surface area contributed by atoms with Crippen molar-refractivity contribution in [2.24, 2.45) is 0 Å². The largest absolute Gasteiger partial charge is 0.441 e. The third kappa shape index (κ3) is 4.33. The Morgan fingerprint density at radius 1 is 1.36 bits per heavy atom. The Bertz CT molecular complexity index is 536. The lowest BCUT2D eigenvalue weighted by Gasteiger charge is -2.38. The van der Waals surface area contributed by atoms with Gasteiger partial charge in [0, 0.05) is 21.8 Å². The zero-order valence-corrected chi connectivity index (χ0v) is 15.4. The molecule has 1 radical (unpaired) electrons. The quantitative estimate of drug-likeness (QED) is 0.470. The molecule has 1 aromatic heterocycles. The maximum atomic E-state index is 13.2. The van der Waals surface area contributed by atoms with Crippen LogP contribution in [0.2, 0.25) is 0 Å². The minimum Gasteiger partial charge on any atom is -0.441 e. The maximum absolute atomic E-state index is 13.2. The van der Waals surface area contributed by atoms with Crippen LogP contribution in [0.3, 0.4) is 0 Å². The van der Waals surface area contributed by atoms with Crippen LogP contribution < -0.4 is 10.2 Å². The third-order valence-corrected chi connectivity index (χ3v) is 4.69. The number of hydrogen-bond donors (Lipinski definition) is 1. The van der Waals surface area contributed by atoms with E-state index in [9.17, 15) is 4.39 Å². The van der Waals surface area contributed by atoms with Crippen LogP contribution in [0.25, 0.3) is 0 Å². The molecule has 4 nitrogen and oxygen atoms in total. The predicted octanol–water partition coefficient (Wildman–Crippen LogP) is 2.61. The molecule has 0 N–H and O–H groups in total. The summed E-state index contributed by atoms with van der Waals surface area (Å²) in [5.41, 5.74) is 0.935. The van der Waals surface area contributed by atoms with Gasteiger partial charge in [0.1, 0.15) is 6.33 Å². The number of rotatable bonds is 7. The summed E-state index contributed by atoms with van der Waals surface area (Å²) < 4.78 is 23.9. The minimum absolute atomic E-state index is 0.201. The molecule has 121 valence electrons. The Labute approximate surface area is 139 Å². The number of halogens is 1. The Hall–Kier alpha value is -0.385. The highest BCUT2D eigenvalue weighted by atomic mass is 32.1. The van der Waals surface area contributed by atoms with Crippen LogP contribution in [0.4, 0.5) is 4.39 Å². The molecule has 0 saturated heterocycles. The van der Waals surface area contributed by atoms with Crippen LogP contribution >= 0.6 is 21.9 Å². The van der Waals surface area contributed by atoms with Crippen molar-refractivity contribution < 1.29 is 13.8 Å². The maximum Gasteiger partial charge on any atom is 0.338 e. The van der Waals surface area contributed by atoms with Crippen molar-refractivity contribution in [3.63, 3.8) is 0 Å². The Kier molecular flexibility index (Phi) is 5.40. The van der Waals surface area contributed by atoms with Crippen molar-refractivity contribution in [1.29, 1.82) is 0 Å². The molecular weight excluding hydrogens is 321 g/mol. The molecule has 1 saturated carbocycles. The van der Waals surface area contributed by atoms with E-state index in [4.69, 9.17) is 9.39 Å². The van der Waals surface area contributed by atoms with E-state index in [-0.39, 0.29) is 10.6 Å². The molecule has 2 unspecified atom stereocenters. The Morgan fingerprint density at radius 2 is 2.00 bits per heavy atom. The van der Waals surface area contributed by atoms with E-state index in [0.717, 1.165) is 18.5 Å². The summed E-state index contributed by atoms with van der Waals surface area (Å²) in [6.07, 6.45) is 2.02. The van der Waals surface area contributed by atoms with Gasteiger partial charge in [-0.1, -0.05) is 9.24 Å². The fourth-order valence-corrected chi connectivity index (χ4v) is 1.92. The molecule has 1 aliphatic carbocycles. The van der Waals surface area contributed by atoms with E-state index in [1.807, 2.05) is 36.9 Å². The number of alkyl halides is 1. The van der Waals surface area contributed by atoms with Gasteiger partial charge in [0.2, 0.25) is 5.88 Å². The molecule has 1 heterocycles. The van der Waals surface area contributed by atoms with Gasteiger partial charge in [-0.25, -0.2) is 9.97 Å². The first-order valence-electron chi connectivity index (χ1n) is 7.26. The zero-order chi connectivity index (χ0) is 16.5. The minimum atomic E-state index is -1.52. The molecule has 8 heteroatoms. The Morgan fingerprint density at radius 3 is 2.50 bits per heavy atom. The lowest BCUT2D eigenvalue weighted by molar-refractivity contribution is 0.0849. The van der Waals surface area contributed by atoms with Crippen LogP contribution in [-0.2, 0) is 4.65 Å². The van der Waals surface area contributed by atoms with Gasteiger partial charge in [0.15, 0.2) is 0 Å². The first-order valence-corrected chi connectivity index (χ1v) is 8.38. The van der Waals surface area contributed by atoms with Gasteiger partial charge in [0.05, 0.1) is 5.60 Å². The van der Waals surface area contributed by atoms with Crippen molar-refractivity contribution in [1.82, 2.24) is 9.97 Å². The van der Waals surface area contributed by atoms with Crippen LogP contribution in [0.5, 0.6) is 5.88 Å². The second kappa shape index (κ2) is 6.62. The highest BCUT2D eigenvalue weighted by Crippen LogP contribution is 2.39. The second-order valence-corrected chi connectivity index (χ2v) is 8.17. The molecule has 2 rings (SSSR count). The predicted molar refractivity (Wildman–Crippen MR) is 92.9 cm³/mol. The average molecular weight is 343 g/mol. The molecule has 0 spiro atoms. The molecule has 0 bridgehead atoms. The van der Waals surface area contributed by atoms with Gasteiger partial charge in [-0.15, -0.1) is 0 Å². The normalized spacial score (nSPS) is 17.2. The molecule has 1 fully saturated rings. The molecule has 1 aromatic rings. The number of aromatic nitrogens is 2. The number of ether oxygens (including phenoxy) is 1. The lowest BCUT2D eigenvalue weighted by atomic mass is 9.82. The van der Waals surface area contributed by atoms with Crippen LogP contribution in [-0.4, -0.2) is 33.9 Å². The lowest BCUT2D eigenvalue weighted by Crippen LogP contribution is -2.46. The summed E-state index contributed by atoms with van der Waals surface area (Å²) >= 11 is 4.57. The monoisotopic (exact) mass is 343 g/mol. The van der Waals surface area contributed by atoms with Crippen molar-refractivity contribution in [2.45, 2.75) is 62.9 Å². The average Bonchev–Trinajstić information content (AvgIpc) is 3.19. The molecule has 2 atom stereocenters. The standard InChI is InChI=1S/C14H22BFN2O2PS/c1-13(2,14(3,4)22)20-15-9-10(8-5-6-8)17-7-18-11(9)19-12(16)21/h7-8,12,22H,5-6,21H2,1-4H3. The van der Waals surface area contributed by atoms with Crippen LogP contribution in [0.15, 0.2) is 6.33 Å². The van der Waals surface area contributed by atoms with Gasteiger partial charge in [-0.05, 0) is 40.5 Å². The summed E-state index contributed by atoms with van der Waals surface area (Å²) in [6, 6.07) is 0. The number of thiol groups is 1.